The Labute approximate surface area is 100 Å². The van der Waals surface area contributed by atoms with Crippen molar-refractivity contribution in [2.45, 2.75) is 13.0 Å². The van der Waals surface area contributed by atoms with Crippen LogP contribution in [0.25, 0.3) is 0 Å². The molecule has 0 saturated carbocycles. The molecule has 0 aliphatic carbocycles. The van der Waals surface area contributed by atoms with Crippen LogP contribution in [0.15, 0.2) is 28.8 Å². The van der Waals surface area contributed by atoms with Crippen molar-refractivity contribution >= 4 is 5.69 Å². The van der Waals surface area contributed by atoms with Crippen molar-refractivity contribution in [1.82, 2.24) is 15.0 Å². The Morgan fingerprint density at radius 1 is 1.24 bits per heavy atom. The largest absolute Gasteiger partial charge is 0.399 e. The number of nitrogens with two attached hydrogens (primary N) is 1. The van der Waals surface area contributed by atoms with Crippen molar-refractivity contribution in [1.29, 1.82) is 0 Å². The van der Waals surface area contributed by atoms with Gasteiger partial charge in [0.1, 0.15) is 0 Å². The van der Waals surface area contributed by atoms with Crippen LogP contribution in [-0.4, -0.2) is 29.1 Å². The van der Waals surface area contributed by atoms with Gasteiger partial charge in [-0.15, -0.1) is 0 Å². The number of hydrogen-bond acceptors (Lipinski definition) is 5. The Morgan fingerprint density at radius 3 is 2.59 bits per heavy atom. The second-order valence-corrected chi connectivity index (χ2v) is 4.26. The van der Waals surface area contributed by atoms with Gasteiger partial charge in [0.25, 0.3) is 0 Å². The molecule has 1 aromatic carbocycles. The Hall–Kier alpha value is -1.88. The molecule has 2 aromatic rings. The van der Waals surface area contributed by atoms with E-state index in [9.17, 15) is 0 Å². The molecule has 0 unspecified atom stereocenters. The zero-order valence-electron chi connectivity index (χ0n) is 10.1. The van der Waals surface area contributed by atoms with E-state index in [-0.39, 0.29) is 0 Å². The minimum Gasteiger partial charge on any atom is -0.399 e. The summed E-state index contributed by atoms with van der Waals surface area (Å²) < 4.78 is 5.18. The highest BCUT2D eigenvalue weighted by Crippen LogP contribution is 2.10. The minimum absolute atomic E-state index is 0.631. The van der Waals surface area contributed by atoms with Crippen LogP contribution in [0.3, 0.4) is 0 Å². The Morgan fingerprint density at radius 2 is 1.94 bits per heavy atom. The lowest BCUT2D eigenvalue weighted by Gasteiger charge is -2.03. The van der Waals surface area contributed by atoms with Gasteiger partial charge in [-0.2, -0.15) is 4.98 Å². The maximum Gasteiger partial charge on any atom is 0.231 e. The molecule has 0 aliphatic heterocycles. The second kappa shape index (κ2) is 4.97. The number of anilines is 1. The first-order valence-electron chi connectivity index (χ1n) is 5.44. The van der Waals surface area contributed by atoms with Crippen LogP contribution in [0.4, 0.5) is 5.69 Å². The fraction of sp³-hybridized carbons (Fsp3) is 0.333. The summed E-state index contributed by atoms with van der Waals surface area (Å²) in [5.74, 6) is 1.34. The van der Waals surface area contributed by atoms with E-state index in [0.29, 0.717) is 24.7 Å². The molecule has 0 radical (unpaired) electrons. The number of hydrogen-bond donors (Lipinski definition) is 1. The molecule has 1 aromatic heterocycles. The van der Waals surface area contributed by atoms with Crippen molar-refractivity contribution in [3.8, 4) is 0 Å². The number of aromatic nitrogens is 2. The molecule has 0 atom stereocenters. The van der Waals surface area contributed by atoms with Crippen LogP contribution in [0, 0.1) is 0 Å². The quantitative estimate of drug-likeness (QED) is 0.805. The SMILES string of the molecule is CN(C)Cc1noc(Cc2ccc(N)cc2)n1. The normalized spacial score (nSPS) is 11.0. The van der Waals surface area contributed by atoms with E-state index in [2.05, 4.69) is 10.1 Å². The van der Waals surface area contributed by atoms with Crippen molar-refractivity contribution < 1.29 is 4.52 Å². The van der Waals surface area contributed by atoms with Gasteiger partial charge >= 0.3 is 0 Å². The van der Waals surface area contributed by atoms with Crippen LogP contribution < -0.4 is 5.73 Å². The van der Waals surface area contributed by atoms with E-state index >= 15 is 0 Å². The molecule has 5 nitrogen and oxygen atoms in total. The van der Waals surface area contributed by atoms with Crippen molar-refractivity contribution in [2.75, 3.05) is 19.8 Å². The summed E-state index contributed by atoms with van der Waals surface area (Å²) in [5, 5.41) is 3.92. The summed E-state index contributed by atoms with van der Waals surface area (Å²) in [6.07, 6.45) is 0.640. The van der Waals surface area contributed by atoms with E-state index in [0.717, 1.165) is 11.3 Å². The summed E-state index contributed by atoms with van der Waals surface area (Å²) in [4.78, 5) is 6.32. The Balaban J connectivity index is 2.03. The first-order chi connectivity index (χ1) is 8.13. The van der Waals surface area contributed by atoms with Gasteiger partial charge in [-0.25, -0.2) is 0 Å². The lowest BCUT2D eigenvalue weighted by atomic mass is 10.1. The van der Waals surface area contributed by atoms with E-state index in [1.54, 1.807) is 0 Å². The predicted molar refractivity (Wildman–Crippen MR) is 65.3 cm³/mol. The van der Waals surface area contributed by atoms with Gasteiger partial charge in [0.05, 0.1) is 13.0 Å². The first kappa shape index (κ1) is 11.6. The zero-order chi connectivity index (χ0) is 12.3. The molecule has 2 rings (SSSR count). The number of nitrogens with zero attached hydrogens (tertiary/aromatic N) is 3. The molecule has 0 aliphatic rings. The lowest BCUT2D eigenvalue weighted by molar-refractivity contribution is 0.352. The molecule has 2 N–H and O–H groups in total. The monoisotopic (exact) mass is 232 g/mol. The average Bonchev–Trinajstić information content (AvgIpc) is 2.68. The summed E-state index contributed by atoms with van der Waals surface area (Å²) in [7, 11) is 3.94. The maximum absolute atomic E-state index is 5.62. The van der Waals surface area contributed by atoms with E-state index < -0.39 is 0 Å². The standard InChI is InChI=1S/C12H16N4O/c1-16(2)8-11-14-12(17-15-11)7-9-3-5-10(13)6-4-9/h3-6H,7-8,13H2,1-2H3. The van der Waals surface area contributed by atoms with Gasteiger partial charge in [-0.3, -0.25) is 0 Å². The predicted octanol–water partition coefficient (Wildman–Crippen LogP) is 1.30. The van der Waals surface area contributed by atoms with E-state index in [1.165, 1.54) is 0 Å². The Bertz CT molecular complexity index is 476. The summed E-state index contributed by atoms with van der Waals surface area (Å²) in [6, 6.07) is 7.66. The smallest absolute Gasteiger partial charge is 0.231 e. The first-order valence-corrected chi connectivity index (χ1v) is 5.44. The van der Waals surface area contributed by atoms with Crippen molar-refractivity contribution in [3.63, 3.8) is 0 Å². The zero-order valence-corrected chi connectivity index (χ0v) is 10.1. The van der Waals surface area contributed by atoms with Crippen LogP contribution in [0.5, 0.6) is 0 Å². The Kier molecular flexibility index (Phi) is 3.39. The van der Waals surface area contributed by atoms with Gasteiger partial charge in [0.15, 0.2) is 5.82 Å². The number of nitrogen functional groups attached to an aromatic ring is 1. The van der Waals surface area contributed by atoms with Gasteiger partial charge in [-0.1, -0.05) is 17.3 Å². The van der Waals surface area contributed by atoms with Gasteiger partial charge < -0.3 is 15.2 Å². The van der Waals surface area contributed by atoms with E-state index in [4.69, 9.17) is 10.3 Å². The molecule has 0 fully saturated rings. The molecular formula is C12H16N4O. The van der Waals surface area contributed by atoms with Gasteiger partial charge in [0.2, 0.25) is 5.89 Å². The lowest BCUT2D eigenvalue weighted by Crippen LogP contribution is -2.11. The van der Waals surface area contributed by atoms with Crippen LogP contribution >= 0.6 is 0 Å². The molecular weight excluding hydrogens is 216 g/mol. The van der Waals surface area contributed by atoms with Gasteiger partial charge in [0, 0.05) is 5.69 Å². The highest BCUT2D eigenvalue weighted by Gasteiger charge is 2.07. The molecule has 17 heavy (non-hydrogen) atoms. The van der Waals surface area contributed by atoms with Gasteiger partial charge in [-0.05, 0) is 31.8 Å². The molecule has 0 amide bonds. The average molecular weight is 232 g/mol. The maximum atomic E-state index is 5.62. The molecule has 0 spiro atoms. The third-order valence-corrected chi connectivity index (χ3v) is 2.30. The number of rotatable bonds is 4. The highest BCUT2D eigenvalue weighted by atomic mass is 16.5. The molecule has 1 heterocycles. The fourth-order valence-corrected chi connectivity index (χ4v) is 1.52. The molecule has 0 saturated heterocycles. The topological polar surface area (TPSA) is 68.2 Å². The van der Waals surface area contributed by atoms with Crippen LogP contribution in [-0.2, 0) is 13.0 Å². The third kappa shape index (κ3) is 3.29. The number of benzene rings is 1. The molecule has 5 heteroatoms. The van der Waals surface area contributed by atoms with Crippen molar-refractivity contribution in [3.05, 3.63) is 41.5 Å². The summed E-state index contributed by atoms with van der Waals surface area (Å²) in [5.41, 5.74) is 7.49. The van der Waals surface area contributed by atoms with E-state index in [1.807, 2.05) is 43.3 Å². The highest BCUT2D eigenvalue weighted by molar-refractivity contribution is 5.39. The third-order valence-electron chi connectivity index (χ3n) is 2.30. The summed E-state index contributed by atoms with van der Waals surface area (Å²) in [6.45, 7) is 0.686. The summed E-state index contributed by atoms with van der Waals surface area (Å²) >= 11 is 0. The van der Waals surface area contributed by atoms with Crippen molar-refractivity contribution in [2.24, 2.45) is 0 Å². The molecule has 0 bridgehead atoms. The van der Waals surface area contributed by atoms with Crippen LogP contribution in [0.2, 0.25) is 0 Å². The molecule has 90 valence electrons. The van der Waals surface area contributed by atoms with Crippen LogP contribution in [0.1, 0.15) is 17.3 Å². The fourth-order valence-electron chi connectivity index (χ4n) is 1.52. The second-order valence-electron chi connectivity index (χ2n) is 4.26. The minimum atomic E-state index is 0.631.